The third kappa shape index (κ3) is 30.8. The van der Waals surface area contributed by atoms with Gasteiger partial charge in [-0.05, 0) is 122 Å². The molecule has 0 fully saturated rings. The first-order valence-electron chi connectivity index (χ1n) is 26.9. The van der Waals surface area contributed by atoms with Crippen molar-refractivity contribution in [1.29, 1.82) is 0 Å². The Bertz CT molecular complexity index is 2230. The van der Waals surface area contributed by atoms with Crippen molar-refractivity contribution in [2.75, 3.05) is 5.83 Å². The average molecular weight is 873 g/mol. The Morgan fingerprint density at radius 2 is 0.932 bits per heavy atom. The van der Waals surface area contributed by atoms with Crippen molar-refractivity contribution < 1.29 is 18.5 Å². The fourth-order valence-electron chi connectivity index (χ4n) is 5.28. The van der Waals surface area contributed by atoms with E-state index >= 15 is 0 Å². The van der Waals surface area contributed by atoms with E-state index in [1.165, 1.54) is 53.3 Å². The zero-order chi connectivity index (χ0) is 56.9. The number of hydrogen-bond donors (Lipinski definition) is 0. The van der Waals surface area contributed by atoms with Crippen LogP contribution in [0.25, 0.3) is 6.08 Å². The summed E-state index contributed by atoms with van der Waals surface area (Å²) in [6, 6.07) is 48.3. The molecule has 0 aromatic heterocycles. The minimum atomic E-state index is -1.95. The average Bonchev–Trinajstić information content (AvgIpc) is 3.35. The van der Waals surface area contributed by atoms with Gasteiger partial charge in [0, 0.05) is 24.1 Å². The van der Waals surface area contributed by atoms with Crippen LogP contribution in [0.1, 0.15) is 133 Å². The van der Waals surface area contributed by atoms with Crippen molar-refractivity contribution in [3.05, 3.63) is 218 Å². The molecule has 0 heterocycles. The fraction of sp³-hybridized carbons (Fsp3) is 0.310. The molecule has 0 nitrogen and oxygen atoms in total. The van der Waals surface area contributed by atoms with Crippen LogP contribution in [-0.2, 0) is 12.8 Å². The second-order valence-electron chi connectivity index (χ2n) is 13.6. The van der Waals surface area contributed by atoms with Crippen molar-refractivity contribution in [2.24, 2.45) is 0 Å². The van der Waals surface area contributed by atoms with Crippen LogP contribution in [0.15, 0.2) is 152 Å². The maximum atomic E-state index is 7.71. The highest BCUT2D eigenvalue weighted by atomic mass is 79.9. The van der Waals surface area contributed by atoms with E-state index in [1.807, 2.05) is 76.0 Å². The largest absolute Gasteiger partial charge is 0.101 e. The summed E-state index contributed by atoms with van der Waals surface area (Å²) in [6.45, 7) is 23.4. The number of halogens is 1. The molecule has 59 heavy (non-hydrogen) atoms. The summed E-state index contributed by atoms with van der Waals surface area (Å²) >= 11 is 2.94. The zero-order valence-electron chi connectivity index (χ0n) is 51.5. The van der Waals surface area contributed by atoms with Crippen LogP contribution in [0.3, 0.4) is 0 Å². The molecule has 0 bridgehead atoms. The summed E-state index contributed by atoms with van der Waals surface area (Å²) in [7, 11) is 1.25. The van der Waals surface area contributed by atoms with Crippen molar-refractivity contribution in [1.82, 2.24) is 0 Å². The standard InChI is InChI=1S/2C10H14.C10H12.C10H10.2C8H10.CH3Br.CH4.3H2/c4*1-3-5-10-7-4-6-9(2)8-10;2*1-7-4-3-5-8(2)6-7;1-2;;;;/h2*4,6-8H,3,5H2,1-2H3;3-8H,1-2H3;4,6-8H,1-2H3;2*3-6H,1-2H3;1H3;1H4;3*1H/b;;5-3+;;;;;;;;/i3D2,5D2;3D,5D;;;;;;1D;3*1+1D. The molecule has 322 valence electrons. The van der Waals surface area contributed by atoms with Crippen LogP contribution < -0.4 is 0 Å². The molecular formula is C58H83Br. The summed E-state index contributed by atoms with van der Waals surface area (Å²) in [5.74, 6) is 7.67. The lowest BCUT2D eigenvalue weighted by atomic mass is 10.1. The van der Waals surface area contributed by atoms with E-state index in [4.69, 9.17) is 18.5 Å². The van der Waals surface area contributed by atoms with Gasteiger partial charge < -0.3 is 0 Å². The normalized spacial score (nSPS) is 12.7. The molecular weight excluding hydrogens is 777 g/mol. The summed E-state index contributed by atoms with van der Waals surface area (Å²) in [6.07, 6.45) is -0.432. The summed E-state index contributed by atoms with van der Waals surface area (Å²) in [5, 5.41) is 0. The van der Waals surface area contributed by atoms with Crippen LogP contribution in [0, 0.1) is 67.2 Å². The Morgan fingerprint density at radius 3 is 1.29 bits per heavy atom. The molecule has 0 radical (unpaired) electrons. The molecule has 6 rings (SSSR count). The predicted octanol–water partition coefficient (Wildman–Crippen LogP) is 18.3. The van der Waals surface area contributed by atoms with E-state index in [1.54, 1.807) is 25.1 Å². The Labute approximate surface area is 391 Å². The van der Waals surface area contributed by atoms with Gasteiger partial charge in [0.05, 0.1) is 0 Å². The molecule has 2 atom stereocenters. The second-order valence-corrected chi connectivity index (χ2v) is 13.6. The molecule has 0 aliphatic carbocycles. The molecule has 0 N–H and O–H groups in total. The lowest BCUT2D eigenvalue weighted by Gasteiger charge is -1.98. The molecule has 0 spiro atoms. The molecule has 0 saturated carbocycles. The minimum absolute atomic E-state index is 0.355. The van der Waals surface area contributed by atoms with Crippen molar-refractivity contribution in [2.45, 2.75) is 116 Å². The Kier molecular flexibility index (Phi) is 24.3. The van der Waals surface area contributed by atoms with Gasteiger partial charge in [-0.2, -0.15) is 0 Å². The predicted molar refractivity (Wildman–Crippen MR) is 280 cm³/mol. The van der Waals surface area contributed by atoms with Crippen LogP contribution >= 0.6 is 15.9 Å². The quantitative estimate of drug-likeness (QED) is 0.120. The van der Waals surface area contributed by atoms with E-state index in [0.717, 1.165) is 22.3 Å². The Hall–Kier alpha value is -4.90. The van der Waals surface area contributed by atoms with Crippen molar-refractivity contribution >= 4 is 22.0 Å². The van der Waals surface area contributed by atoms with Crippen molar-refractivity contribution in [3.8, 4) is 11.8 Å². The van der Waals surface area contributed by atoms with Gasteiger partial charge in [-0.25, -0.2) is 0 Å². The van der Waals surface area contributed by atoms with Gasteiger partial charge in [-0.3, -0.25) is 0 Å². The molecule has 0 amide bonds. The first-order valence-corrected chi connectivity index (χ1v) is 21.3. The second kappa shape index (κ2) is 36.2. The lowest BCUT2D eigenvalue weighted by Crippen LogP contribution is -1.82. The third-order valence-electron chi connectivity index (χ3n) is 7.72. The Morgan fingerprint density at radius 1 is 0.559 bits per heavy atom. The van der Waals surface area contributed by atoms with Gasteiger partial charge in [0.1, 0.15) is 0 Å². The summed E-state index contributed by atoms with van der Waals surface area (Å²) < 4.78 is 81.1. The number of benzene rings is 6. The van der Waals surface area contributed by atoms with E-state index in [0.29, 0.717) is 5.56 Å². The molecule has 6 aromatic rings. The fourth-order valence-corrected chi connectivity index (χ4v) is 5.28. The maximum Gasteiger partial charge on any atom is 0.0316 e. The van der Waals surface area contributed by atoms with Crippen LogP contribution in [0.5, 0.6) is 0 Å². The first kappa shape index (κ1) is 39.6. The van der Waals surface area contributed by atoms with Gasteiger partial charge in [-0.15, -0.1) is 5.92 Å². The van der Waals surface area contributed by atoms with Gasteiger partial charge in [0.15, 0.2) is 0 Å². The van der Waals surface area contributed by atoms with E-state index < -0.39 is 19.1 Å². The van der Waals surface area contributed by atoms with E-state index in [-0.39, 0.29) is 6.40 Å². The van der Waals surface area contributed by atoms with Gasteiger partial charge in [-0.1, -0.05) is 240 Å². The molecule has 2 unspecified atom stereocenters. The monoisotopic (exact) mass is 872 g/mol. The van der Waals surface area contributed by atoms with Crippen LogP contribution in [0.2, 0.25) is 0 Å². The minimum Gasteiger partial charge on any atom is -0.101 e. The summed E-state index contributed by atoms with van der Waals surface area (Å²) in [5.41, 5.74) is 13.7. The number of aryl methyl sites for hydroxylation is 10. The molecule has 6 aromatic carbocycles. The first-order chi connectivity index (χ1) is 34.1. The smallest absolute Gasteiger partial charge is 0.0316 e. The highest BCUT2D eigenvalue weighted by molar-refractivity contribution is 9.08. The van der Waals surface area contributed by atoms with Crippen LogP contribution in [-0.4, -0.2) is 5.83 Å². The van der Waals surface area contributed by atoms with Gasteiger partial charge >= 0.3 is 0 Å². The molecule has 1 heteroatoms. The highest BCUT2D eigenvalue weighted by Crippen LogP contribution is 2.08. The number of hydrogen-bond acceptors (Lipinski definition) is 0. The van der Waals surface area contributed by atoms with E-state index in [2.05, 4.69) is 166 Å². The third-order valence-corrected chi connectivity index (χ3v) is 7.72. The van der Waals surface area contributed by atoms with E-state index in [9.17, 15) is 0 Å². The highest BCUT2D eigenvalue weighted by Gasteiger charge is 1.90. The molecule has 0 aliphatic heterocycles. The van der Waals surface area contributed by atoms with Crippen LogP contribution in [0.4, 0.5) is 0 Å². The SMILES string of the molecule is C/C=C/c1cccc(C)c1.CBr.CC#Cc1cccc(C)c1.Cc1cccc(C)c1.Cc1cccc(C)c1.[2H]C.[2H]C(C)C([2H])c1cccc(C)c1.[2H]C([2H])(C)C([2H])([2H])c1cccc(C)c1.[2H][2H].[2H][2H].[2H][2H]. The number of rotatable bonds is 5. The Balaban J connectivity index is -0.000000242. The maximum absolute atomic E-state index is 7.71. The van der Waals surface area contributed by atoms with Gasteiger partial charge in [0.25, 0.3) is 0 Å². The summed E-state index contributed by atoms with van der Waals surface area (Å²) in [4.78, 5) is 0. The van der Waals surface area contributed by atoms with Crippen molar-refractivity contribution in [3.63, 3.8) is 0 Å². The number of allylic oxidation sites excluding steroid dienone is 1. The zero-order valence-corrected chi connectivity index (χ0v) is 40.1. The molecule has 0 saturated heterocycles. The van der Waals surface area contributed by atoms with Gasteiger partial charge in [0.2, 0.25) is 0 Å². The number of alkyl halides is 1. The topological polar surface area (TPSA) is 0 Å². The molecule has 0 aliphatic rings. The lowest BCUT2D eigenvalue weighted by molar-refractivity contribution is 0.920.